The molecule has 0 aliphatic carbocycles. The monoisotopic (exact) mass is 232 g/mol. The molecule has 1 aromatic carbocycles. The molecule has 1 rings (SSSR count). The Bertz CT molecular complexity index is 358. The Morgan fingerprint density at radius 3 is 2.71 bits per heavy atom. The first-order valence-electron chi connectivity index (χ1n) is 5.91. The van der Waals surface area contributed by atoms with Crippen LogP contribution < -0.4 is 4.74 Å². The second-order valence-electron chi connectivity index (χ2n) is 3.87. The van der Waals surface area contributed by atoms with Crippen LogP contribution in [0.4, 0.5) is 0 Å². The van der Waals surface area contributed by atoms with Crippen LogP contribution in [0.25, 0.3) is 0 Å². The van der Waals surface area contributed by atoms with Crippen molar-refractivity contribution in [1.29, 1.82) is 0 Å². The van der Waals surface area contributed by atoms with Gasteiger partial charge in [-0.15, -0.1) is 6.58 Å². The van der Waals surface area contributed by atoms with E-state index in [1.54, 1.807) is 6.08 Å². The molecule has 0 fully saturated rings. The Hall–Kier alpha value is -1.54. The highest BCUT2D eigenvalue weighted by molar-refractivity contribution is 5.35. The second-order valence-corrected chi connectivity index (χ2v) is 3.87. The summed E-state index contributed by atoms with van der Waals surface area (Å²) >= 11 is 0. The molecule has 0 aliphatic heterocycles. The Morgan fingerprint density at radius 2 is 2.00 bits per heavy atom. The topological polar surface area (TPSA) is 29.5 Å². The first-order chi connectivity index (χ1) is 8.29. The summed E-state index contributed by atoms with van der Waals surface area (Å²) < 4.78 is 5.52. The molecule has 0 aromatic heterocycles. The molecule has 1 N–H and O–H groups in total. The maximum absolute atomic E-state index is 10.1. The first kappa shape index (κ1) is 13.5. The number of ether oxygens (including phenoxy) is 1. The van der Waals surface area contributed by atoms with Gasteiger partial charge in [-0.05, 0) is 25.3 Å². The van der Waals surface area contributed by atoms with Crippen molar-refractivity contribution in [2.75, 3.05) is 6.61 Å². The highest BCUT2D eigenvalue weighted by Gasteiger charge is 2.12. The number of para-hydroxylation sites is 1. The molecule has 0 saturated heterocycles. The van der Waals surface area contributed by atoms with Crippen molar-refractivity contribution in [3.05, 3.63) is 55.1 Å². The quantitative estimate of drug-likeness (QED) is 0.547. The van der Waals surface area contributed by atoms with Crippen LogP contribution in [0.15, 0.2) is 49.6 Å². The van der Waals surface area contributed by atoms with Gasteiger partial charge in [0.2, 0.25) is 0 Å². The number of aliphatic hydroxyl groups is 1. The number of hydrogen-bond acceptors (Lipinski definition) is 2. The molecule has 0 saturated carbocycles. The largest absolute Gasteiger partial charge is 0.489 e. The van der Waals surface area contributed by atoms with Crippen LogP contribution >= 0.6 is 0 Å². The molecule has 0 bridgehead atoms. The minimum absolute atomic E-state index is 0.455. The summed E-state index contributed by atoms with van der Waals surface area (Å²) in [5, 5.41) is 10.1. The van der Waals surface area contributed by atoms with Crippen LogP contribution in [-0.4, -0.2) is 11.7 Å². The maximum atomic E-state index is 10.1. The number of benzene rings is 1. The van der Waals surface area contributed by atoms with E-state index < -0.39 is 6.10 Å². The van der Waals surface area contributed by atoms with Gasteiger partial charge in [-0.1, -0.05) is 36.9 Å². The predicted octanol–water partition coefficient (Wildman–Crippen LogP) is 3.64. The van der Waals surface area contributed by atoms with Crippen molar-refractivity contribution >= 4 is 0 Å². The number of aliphatic hydroxyl groups excluding tert-OH is 1. The van der Waals surface area contributed by atoms with Crippen molar-refractivity contribution in [3.63, 3.8) is 0 Å². The summed E-state index contributed by atoms with van der Waals surface area (Å²) in [5.74, 6) is 0.735. The van der Waals surface area contributed by atoms with Gasteiger partial charge in [0.05, 0.1) is 6.10 Å². The zero-order valence-corrected chi connectivity index (χ0v) is 10.1. The van der Waals surface area contributed by atoms with Crippen LogP contribution in [0.5, 0.6) is 5.75 Å². The van der Waals surface area contributed by atoms with Gasteiger partial charge in [0.15, 0.2) is 0 Å². The van der Waals surface area contributed by atoms with Gasteiger partial charge in [0.1, 0.15) is 12.4 Å². The molecule has 1 aromatic rings. The lowest BCUT2D eigenvalue weighted by Crippen LogP contribution is -2.02. The lowest BCUT2D eigenvalue weighted by atomic mass is 10.0. The summed E-state index contributed by atoms with van der Waals surface area (Å²) in [6, 6.07) is 7.58. The van der Waals surface area contributed by atoms with E-state index >= 15 is 0 Å². The van der Waals surface area contributed by atoms with Gasteiger partial charge in [-0.3, -0.25) is 0 Å². The molecule has 2 heteroatoms. The molecule has 0 radical (unpaired) electrons. The molecule has 1 unspecified atom stereocenters. The van der Waals surface area contributed by atoms with E-state index in [1.807, 2.05) is 30.3 Å². The van der Waals surface area contributed by atoms with Crippen LogP contribution in [-0.2, 0) is 0 Å². The number of unbranched alkanes of at least 4 members (excludes halogenated alkanes) is 1. The average Bonchev–Trinajstić information content (AvgIpc) is 2.37. The normalized spacial score (nSPS) is 11.8. The standard InChI is InChI=1S/C15H20O2/c1-3-5-6-10-14(16)13-9-7-8-11-15(13)17-12-4-2/h3-4,7-9,11,14,16H,1-2,5-6,10,12H2. The zero-order chi connectivity index (χ0) is 12.5. The summed E-state index contributed by atoms with van der Waals surface area (Å²) in [5.41, 5.74) is 0.846. The van der Waals surface area contributed by atoms with Gasteiger partial charge in [-0.2, -0.15) is 0 Å². The highest BCUT2D eigenvalue weighted by Crippen LogP contribution is 2.28. The van der Waals surface area contributed by atoms with Gasteiger partial charge in [0.25, 0.3) is 0 Å². The Kier molecular flexibility index (Phi) is 6.12. The van der Waals surface area contributed by atoms with E-state index in [9.17, 15) is 5.11 Å². The zero-order valence-electron chi connectivity index (χ0n) is 10.1. The van der Waals surface area contributed by atoms with Crippen molar-refractivity contribution in [1.82, 2.24) is 0 Å². The summed E-state index contributed by atoms with van der Waals surface area (Å²) in [6.07, 6.45) is 5.66. The third kappa shape index (κ3) is 4.45. The number of allylic oxidation sites excluding steroid dienone is 1. The molecule has 0 amide bonds. The maximum Gasteiger partial charge on any atom is 0.125 e. The third-order valence-corrected chi connectivity index (χ3v) is 2.52. The minimum atomic E-state index is -0.476. The highest BCUT2D eigenvalue weighted by atomic mass is 16.5. The van der Waals surface area contributed by atoms with E-state index in [1.165, 1.54) is 0 Å². The van der Waals surface area contributed by atoms with Gasteiger partial charge in [0, 0.05) is 5.56 Å². The summed E-state index contributed by atoms with van der Waals surface area (Å²) in [7, 11) is 0. The Balaban J connectivity index is 2.66. The fourth-order valence-electron chi connectivity index (χ4n) is 1.65. The van der Waals surface area contributed by atoms with Gasteiger partial charge >= 0.3 is 0 Å². The molecule has 0 aliphatic rings. The van der Waals surface area contributed by atoms with Gasteiger partial charge in [-0.25, -0.2) is 0 Å². The van der Waals surface area contributed by atoms with Crippen LogP contribution in [0.3, 0.4) is 0 Å². The molecule has 0 spiro atoms. The lowest BCUT2D eigenvalue weighted by molar-refractivity contribution is 0.160. The summed E-state index contributed by atoms with van der Waals surface area (Å²) in [4.78, 5) is 0. The van der Waals surface area contributed by atoms with E-state index in [0.717, 1.165) is 30.6 Å². The second kappa shape index (κ2) is 7.69. The number of hydrogen-bond donors (Lipinski definition) is 1. The molecular weight excluding hydrogens is 212 g/mol. The van der Waals surface area contributed by atoms with Crippen molar-refractivity contribution < 1.29 is 9.84 Å². The van der Waals surface area contributed by atoms with Gasteiger partial charge < -0.3 is 9.84 Å². The number of rotatable bonds is 8. The minimum Gasteiger partial charge on any atom is -0.489 e. The molecule has 0 heterocycles. The summed E-state index contributed by atoms with van der Waals surface area (Å²) in [6.45, 7) is 7.74. The molecule has 1 atom stereocenters. The van der Waals surface area contributed by atoms with E-state index in [4.69, 9.17) is 4.74 Å². The van der Waals surface area contributed by atoms with Crippen molar-refractivity contribution in [3.8, 4) is 5.75 Å². The molecular formula is C15H20O2. The fourth-order valence-corrected chi connectivity index (χ4v) is 1.65. The first-order valence-corrected chi connectivity index (χ1v) is 5.91. The third-order valence-electron chi connectivity index (χ3n) is 2.52. The van der Waals surface area contributed by atoms with Crippen LogP contribution in [0.2, 0.25) is 0 Å². The fraction of sp³-hybridized carbons (Fsp3) is 0.333. The Labute approximate surface area is 103 Å². The van der Waals surface area contributed by atoms with E-state index in [-0.39, 0.29) is 0 Å². The Morgan fingerprint density at radius 1 is 1.24 bits per heavy atom. The predicted molar refractivity (Wildman–Crippen MR) is 71.1 cm³/mol. The lowest BCUT2D eigenvalue weighted by Gasteiger charge is -2.15. The molecule has 2 nitrogen and oxygen atoms in total. The van der Waals surface area contributed by atoms with Crippen LogP contribution in [0.1, 0.15) is 30.9 Å². The smallest absolute Gasteiger partial charge is 0.125 e. The molecule has 17 heavy (non-hydrogen) atoms. The van der Waals surface area contributed by atoms with E-state index in [0.29, 0.717) is 6.61 Å². The van der Waals surface area contributed by atoms with Crippen molar-refractivity contribution in [2.24, 2.45) is 0 Å². The van der Waals surface area contributed by atoms with Crippen LogP contribution in [0, 0.1) is 0 Å². The SMILES string of the molecule is C=CCCCC(O)c1ccccc1OCC=C. The van der Waals surface area contributed by atoms with E-state index in [2.05, 4.69) is 13.2 Å². The average molecular weight is 232 g/mol. The van der Waals surface area contributed by atoms with Crippen molar-refractivity contribution in [2.45, 2.75) is 25.4 Å². The molecule has 92 valence electrons.